The average molecular weight is 815 g/mol. The van der Waals surface area contributed by atoms with Gasteiger partial charge in [-0.3, -0.25) is 43.2 Å². The Morgan fingerprint density at radius 1 is 0.379 bits per heavy atom. The lowest BCUT2D eigenvalue weighted by atomic mass is 9.96. The van der Waals surface area contributed by atoms with Crippen LogP contribution >= 0.6 is 0 Å². The molecule has 0 aromatic rings. The number of allylic oxidation sites excluding steroid dienone is 6. The number of hydrogen-bond donors (Lipinski definition) is 0. The van der Waals surface area contributed by atoms with Crippen LogP contribution in [0.15, 0.2) is 36.5 Å². The van der Waals surface area contributed by atoms with Crippen molar-refractivity contribution in [1.82, 2.24) is 0 Å². The molecule has 15 heteroatoms. The fourth-order valence-corrected chi connectivity index (χ4v) is 6.38. The van der Waals surface area contributed by atoms with E-state index in [1.54, 1.807) is 0 Å². The SMILES string of the molecule is O=C(CCCCOCCOCC(COCCOCCCCC(=O)CCC1C(=O)C=CC1=O)OCCOCCC(=O)CCC1C(=O)C=CC1=O)CCC1C(=O)C=CC1=O. The highest BCUT2D eigenvalue weighted by atomic mass is 16.6. The van der Waals surface area contributed by atoms with Gasteiger partial charge in [0.25, 0.3) is 0 Å². The molecule has 0 fully saturated rings. The van der Waals surface area contributed by atoms with E-state index in [1.165, 1.54) is 36.5 Å². The van der Waals surface area contributed by atoms with E-state index in [9.17, 15) is 43.2 Å². The maximum atomic E-state index is 12.2. The van der Waals surface area contributed by atoms with E-state index in [2.05, 4.69) is 0 Å². The van der Waals surface area contributed by atoms with Gasteiger partial charge >= 0.3 is 0 Å². The van der Waals surface area contributed by atoms with Gasteiger partial charge in [0, 0.05) is 51.7 Å². The Bertz CT molecular complexity index is 1380. The van der Waals surface area contributed by atoms with Crippen molar-refractivity contribution in [3.05, 3.63) is 36.5 Å². The van der Waals surface area contributed by atoms with Crippen molar-refractivity contribution in [3.8, 4) is 0 Å². The van der Waals surface area contributed by atoms with Gasteiger partial charge in [0.2, 0.25) is 0 Å². The summed E-state index contributed by atoms with van der Waals surface area (Å²) in [4.78, 5) is 107. The summed E-state index contributed by atoms with van der Waals surface area (Å²) in [6.07, 6.45) is 12.0. The summed E-state index contributed by atoms with van der Waals surface area (Å²) in [5, 5.41) is 0. The van der Waals surface area contributed by atoms with Crippen LogP contribution in [-0.2, 0) is 71.6 Å². The fraction of sp³-hybridized carbons (Fsp3) is 0.651. The summed E-state index contributed by atoms with van der Waals surface area (Å²) in [6, 6.07) is 0. The molecular weight excluding hydrogens is 756 g/mol. The van der Waals surface area contributed by atoms with Crippen molar-refractivity contribution in [2.45, 2.75) is 89.6 Å². The predicted molar refractivity (Wildman–Crippen MR) is 207 cm³/mol. The number of carbonyl (C=O) groups excluding carboxylic acids is 9. The predicted octanol–water partition coefficient (Wildman–Crippen LogP) is 3.21. The van der Waals surface area contributed by atoms with Gasteiger partial charge < -0.3 is 28.4 Å². The molecule has 0 unspecified atom stereocenters. The zero-order valence-electron chi connectivity index (χ0n) is 33.4. The van der Waals surface area contributed by atoms with Gasteiger partial charge in [-0.25, -0.2) is 0 Å². The molecule has 0 aliphatic heterocycles. The van der Waals surface area contributed by atoms with Gasteiger partial charge in [0.1, 0.15) is 23.5 Å². The number of hydrogen-bond acceptors (Lipinski definition) is 15. The first kappa shape index (κ1) is 48.4. The number of ketones is 9. The maximum Gasteiger partial charge on any atom is 0.166 e. The Hall–Kier alpha value is -3.99. The molecule has 0 spiro atoms. The van der Waals surface area contributed by atoms with Crippen LogP contribution in [-0.4, -0.2) is 131 Å². The van der Waals surface area contributed by atoms with Crippen LogP contribution in [0.4, 0.5) is 0 Å². The number of carbonyl (C=O) groups is 9. The topological polar surface area (TPSA) is 209 Å². The molecule has 0 atom stereocenters. The lowest BCUT2D eigenvalue weighted by Crippen LogP contribution is -2.29. The minimum atomic E-state index is -0.748. The lowest BCUT2D eigenvalue weighted by Gasteiger charge is -2.18. The number of rotatable bonds is 36. The molecule has 0 saturated heterocycles. The second-order valence-electron chi connectivity index (χ2n) is 14.4. The molecule has 320 valence electrons. The normalized spacial score (nSPS) is 16.1. The molecule has 0 N–H and O–H groups in total. The second kappa shape index (κ2) is 28.4. The van der Waals surface area contributed by atoms with E-state index in [0.29, 0.717) is 78.2 Å². The van der Waals surface area contributed by atoms with Crippen LogP contribution in [0.5, 0.6) is 0 Å². The van der Waals surface area contributed by atoms with Gasteiger partial charge in [0.05, 0.1) is 77.2 Å². The third-order valence-corrected chi connectivity index (χ3v) is 9.88. The molecule has 3 aliphatic carbocycles. The van der Waals surface area contributed by atoms with Crippen molar-refractivity contribution < 1.29 is 71.6 Å². The zero-order valence-corrected chi connectivity index (χ0v) is 33.4. The molecule has 0 aromatic carbocycles. The quantitative estimate of drug-likeness (QED) is 0.0657. The van der Waals surface area contributed by atoms with Crippen LogP contribution in [0.25, 0.3) is 0 Å². The van der Waals surface area contributed by atoms with E-state index >= 15 is 0 Å². The monoisotopic (exact) mass is 814 g/mol. The Kier molecular flexibility index (Phi) is 23.7. The van der Waals surface area contributed by atoms with Crippen molar-refractivity contribution in [1.29, 1.82) is 0 Å². The van der Waals surface area contributed by atoms with E-state index in [4.69, 9.17) is 28.4 Å². The second-order valence-corrected chi connectivity index (χ2v) is 14.4. The van der Waals surface area contributed by atoms with Gasteiger partial charge in [0.15, 0.2) is 34.7 Å². The first-order chi connectivity index (χ1) is 28.0. The van der Waals surface area contributed by atoms with E-state index < -0.39 is 23.9 Å². The number of unbranched alkanes of at least 4 members (excludes halogenated alkanes) is 2. The zero-order chi connectivity index (χ0) is 42.0. The molecule has 3 aliphatic rings. The van der Waals surface area contributed by atoms with Crippen molar-refractivity contribution in [2.24, 2.45) is 17.8 Å². The van der Waals surface area contributed by atoms with Crippen LogP contribution in [0.3, 0.4) is 0 Å². The van der Waals surface area contributed by atoms with Gasteiger partial charge in [-0.1, -0.05) is 0 Å². The lowest BCUT2D eigenvalue weighted by molar-refractivity contribution is -0.128. The van der Waals surface area contributed by atoms with Crippen molar-refractivity contribution >= 4 is 52.0 Å². The molecule has 58 heavy (non-hydrogen) atoms. The number of Topliss-reactive ketones (excluding diaryl/α,β-unsaturated/α-hetero) is 3. The first-order valence-electron chi connectivity index (χ1n) is 20.4. The minimum Gasteiger partial charge on any atom is -0.379 e. The first-order valence-corrected chi connectivity index (χ1v) is 20.4. The molecule has 0 amide bonds. The summed E-state index contributed by atoms with van der Waals surface area (Å²) in [6.45, 7) is 3.29. The molecule has 3 rings (SSSR count). The molecule has 0 bridgehead atoms. The number of ether oxygens (including phenoxy) is 6. The highest BCUT2D eigenvalue weighted by Crippen LogP contribution is 2.20. The summed E-state index contributed by atoms with van der Waals surface area (Å²) in [5.74, 6) is -3.64. The molecular formula is C43H58O15. The van der Waals surface area contributed by atoms with E-state index in [0.717, 1.165) is 0 Å². The summed E-state index contributed by atoms with van der Waals surface area (Å²) < 4.78 is 34.2. The Morgan fingerprint density at radius 3 is 1.10 bits per heavy atom. The van der Waals surface area contributed by atoms with Gasteiger partial charge in [-0.05, 0) is 81.4 Å². The van der Waals surface area contributed by atoms with Gasteiger partial charge in [-0.15, -0.1) is 0 Å². The molecule has 0 aromatic heterocycles. The van der Waals surface area contributed by atoms with E-state index in [1.807, 2.05) is 0 Å². The molecule has 0 heterocycles. The average Bonchev–Trinajstić information content (AvgIpc) is 3.83. The molecule has 0 radical (unpaired) electrons. The highest BCUT2D eigenvalue weighted by molar-refractivity contribution is 6.20. The third-order valence-electron chi connectivity index (χ3n) is 9.88. The third kappa shape index (κ3) is 19.6. The highest BCUT2D eigenvalue weighted by Gasteiger charge is 2.30. The van der Waals surface area contributed by atoms with Gasteiger partial charge in [-0.2, -0.15) is 0 Å². The smallest absolute Gasteiger partial charge is 0.166 e. The summed E-state index contributed by atoms with van der Waals surface area (Å²) in [5.41, 5.74) is 0. The van der Waals surface area contributed by atoms with Crippen LogP contribution in [0.2, 0.25) is 0 Å². The summed E-state index contributed by atoms with van der Waals surface area (Å²) in [7, 11) is 0. The fourth-order valence-electron chi connectivity index (χ4n) is 6.38. The molecule has 15 nitrogen and oxygen atoms in total. The minimum absolute atomic E-state index is 0.0215. The van der Waals surface area contributed by atoms with Crippen LogP contribution in [0, 0.1) is 17.8 Å². The summed E-state index contributed by atoms with van der Waals surface area (Å²) >= 11 is 0. The van der Waals surface area contributed by atoms with Crippen LogP contribution < -0.4 is 0 Å². The Labute approximate surface area is 339 Å². The largest absolute Gasteiger partial charge is 0.379 e. The maximum absolute atomic E-state index is 12.2. The van der Waals surface area contributed by atoms with Crippen LogP contribution in [0.1, 0.15) is 83.5 Å². The Balaban J connectivity index is 1.22. The van der Waals surface area contributed by atoms with Crippen molar-refractivity contribution in [2.75, 3.05) is 72.7 Å². The van der Waals surface area contributed by atoms with Crippen molar-refractivity contribution in [3.63, 3.8) is 0 Å². The standard InChI is InChI=1S/C43H58O15/c44-31(7-10-35-38(47)13-14-39(35)48)5-1-3-20-53-23-25-56-29-34(58-28-27-55-22-19-33(46)9-12-37-42(51)17-18-43(37)52)30-57-26-24-54-21-4-2-6-32(45)8-11-36-40(49)15-16-41(36)50/h13-18,34-37H,1-12,19-30H2. The van der Waals surface area contributed by atoms with E-state index in [-0.39, 0.29) is 130 Å². The molecule has 0 saturated carbocycles. The Morgan fingerprint density at radius 2 is 0.707 bits per heavy atom.